The molecule has 0 saturated carbocycles. The van der Waals surface area contributed by atoms with Gasteiger partial charge in [-0.25, -0.2) is 0 Å². The Morgan fingerprint density at radius 2 is 1.92 bits per heavy atom. The predicted molar refractivity (Wildman–Crippen MR) is 97.9 cm³/mol. The minimum atomic E-state index is -0.0453. The van der Waals surface area contributed by atoms with Crippen molar-refractivity contribution in [2.45, 2.75) is 25.4 Å². The minimum Gasteiger partial charge on any atom is -0.351 e. The van der Waals surface area contributed by atoms with E-state index < -0.39 is 0 Å². The molecule has 1 atom stereocenters. The highest BCUT2D eigenvalue weighted by molar-refractivity contribution is 5.82. The number of rotatable bonds is 5. The van der Waals surface area contributed by atoms with Crippen LogP contribution in [0, 0.1) is 0 Å². The summed E-state index contributed by atoms with van der Waals surface area (Å²) < 4.78 is 0. The van der Waals surface area contributed by atoms with Crippen LogP contribution in [0.4, 0.5) is 0 Å². The molecule has 132 valence electrons. The molecule has 1 saturated heterocycles. The fourth-order valence-electron chi connectivity index (χ4n) is 3.23. The van der Waals surface area contributed by atoms with Crippen LogP contribution >= 0.6 is 0 Å². The maximum Gasteiger partial charge on any atom is 0.237 e. The topological polar surface area (TPSA) is 95.6 Å². The van der Waals surface area contributed by atoms with Gasteiger partial charge < -0.3 is 10.6 Å². The molecule has 1 amide bonds. The van der Waals surface area contributed by atoms with Crippen LogP contribution in [0.5, 0.6) is 0 Å². The number of H-pyrrole nitrogens is 1. The molecule has 0 radical (unpaired) electrons. The summed E-state index contributed by atoms with van der Waals surface area (Å²) in [6.45, 7) is 1.45. The van der Waals surface area contributed by atoms with Gasteiger partial charge in [-0.2, -0.15) is 5.21 Å². The molecule has 7 heteroatoms. The molecule has 1 fully saturated rings. The molecule has 4 rings (SSSR count). The van der Waals surface area contributed by atoms with Gasteiger partial charge >= 0.3 is 0 Å². The Hall–Kier alpha value is -3.06. The average molecular weight is 348 g/mol. The normalized spacial score (nSPS) is 16.5. The van der Waals surface area contributed by atoms with Gasteiger partial charge in [0.2, 0.25) is 11.7 Å². The summed E-state index contributed by atoms with van der Waals surface area (Å²) in [4.78, 5) is 12.1. The molecule has 7 nitrogen and oxygen atoms in total. The number of nitrogens with one attached hydrogen (secondary N) is 3. The lowest BCUT2D eigenvalue weighted by molar-refractivity contribution is -0.122. The summed E-state index contributed by atoms with van der Waals surface area (Å²) in [5, 5.41) is 20.5. The van der Waals surface area contributed by atoms with E-state index in [0.29, 0.717) is 12.4 Å². The molecule has 3 N–H and O–H groups in total. The minimum absolute atomic E-state index is 0.0453. The number of aromatic amines is 1. The van der Waals surface area contributed by atoms with Gasteiger partial charge in [-0.15, -0.1) is 10.2 Å². The number of aromatic nitrogens is 4. The highest BCUT2D eigenvalue weighted by atomic mass is 16.2. The number of benzene rings is 2. The SMILES string of the molecule is O=C(NCc1ccc(-c2ccccc2-c2nn[nH]n2)cc1)C1CCCN1. The zero-order chi connectivity index (χ0) is 17.8. The number of hydrogen-bond acceptors (Lipinski definition) is 5. The summed E-state index contributed by atoms with van der Waals surface area (Å²) in [5.41, 5.74) is 4.10. The summed E-state index contributed by atoms with van der Waals surface area (Å²) >= 11 is 0. The fraction of sp³-hybridized carbons (Fsp3) is 0.263. The number of carbonyl (C=O) groups excluding carboxylic acids is 1. The Morgan fingerprint density at radius 3 is 2.62 bits per heavy atom. The van der Waals surface area contributed by atoms with Crippen molar-refractivity contribution in [3.63, 3.8) is 0 Å². The molecular weight excluding hydrogens is 328 g/mol. The highest BCUT2D eigenvalue weighted by Gasteiger charge is 2.21. The molecule has 0 aliphatic carbocycles. The van der Waals surface area contributed by atoms with Crippen LogP contribution in [-0.4, -0.2) is 39.1 Å². The second kappa shape index (κ2) is 7.45. The molecule has 2 aromatic carbocycles. The van der Waals surface area contributed by atoms with Gasteiger partial charge in [0.15, 0.2) is 0 Å². The molecule has 26 heavy (non-hydrogen) atoms. The number of carbonyl (C=O) groups is 1. The molecule has 1 aliphatic rings. The maximum atomic E-state index is 12.1. The first-order chi connectivity index (χ1) is 12.8. The van der Waals surface area contributed by atoms with Gasteiger partial charge in [0.25, 0.3) is 0 Å². The maximum absolute atomic E-state index is 12.1. The van der Waals surface area contributed by atoms with Crippen LogP contribution in [0.2, 0.25) is 0 Å². The average Bonchev–Trinajstić information content (AvgIpc) is 3.40. The van der Waals surface area contributed by atoms with E-state index in [0.717, 1.165) is 41.6 Å². The Kier molecular flexibility index (Phi) is 4.70. The smallest absolute Gasteiger partial charge is 0.237 e. The van der Waals surface area contributed by atoms with Crippen molar-refractivity contribution in [2.75, 3.05) is 6.54 Å². The summed E-state index contributed by atoms with van der Waals surface area (Å²) in [6, 6.07) is 16.1. The van der Waals surface area contributed by atoms with Gasteiger partial charge in [-0.3, -0.25) is 4.79 Å². The van der Waals surface area contributed by atoms with E-state index in [2.05, 4.69) is 31.3 Å². The van der Waals surface area contributed by atoms with E-state index >= 15 is 0 Å². The van der Waals surface area contributed by atoms with Crippen LogP contribution in [-0.2, 0) is 11.3 Å². The van der Waals surface area contributed by atoms with Crippen LogP contribution in [0.1, 0.15) is 18.4 Å². The van der Waals surface area contributed by atoms with Crippen LogP contribution in [0.15, 0.2) is 48.5 Å². The van der Waals surface area contributed by atoms with Crippen molar-refractivity contribution < 1.29 is 4.79 Å². The standard InChI is InChI=1S/C19H20N6O/c26-19(17-6-3-11-20-17)21-12-13-7-9-14(10-8-13)15-4-1-2-5-16(15)18-22-24-25-23-18/h1-2,4-5,7-10,17,20H,3,6,11-12H2,(H,21,26)(H,22,23,24,25). The van der Waals surface area contributed by atoms with E-state index in [4.69, 9.17) is 0 Å². The number of tetrazole rings is 1. The Labute approximate surface area is 151 Å². The van der Waals surface area contributed by atoms with Crippen molar-refractivity contribution in [1.29, 1.82) is 0 Å². The van der Waals surface area contributed by atoms with Crippen molar-refractivity contribution in [3.05, 3.63) is 54.1 Å². The Balaban J connectivity index is 1.47. The van der Waals surface area contributed by atoms with Crippen molar-refractivity contribution in [1.82, 2.24) is 31.3 Å². The molecule has 2 heterocycles. The fourth-order valence-corrected chi connectivity index (χ4v) is 3.23. The lowest BCUT2D eigenvalue weighted by Crippen LogP contribution is -2.39. The number of nitrogens with zero attached hydrogens (tertiary/aromatic N) is 3. The Morgan fingerprint density at radius 1 is 1.12 bits per heavy atom. The first-order valence-electron chi connectivity index (χ1n) is 8.74. The summed E-state index contributed by atoms with van der Waals surface area (Å²) in [6.07, 6.45) is 1.98. The lowest BCUT2D eigenvalue weighted by Gasteiger charge is -2.12. The van der Waals surface area contributed by atoms with Crippen molar-refractivity contribution in [3.8, 4) is 22.5 Å². The molecule has 0 bridgehead atoms. The number of hydrogen-bond donors (Lipinski definition) is 3. The first kappa shape index (κ1) is 16.4. The summed E-state index contributed by atoms with van der Waals surface area (Å²) in [5.74, 6) is 0.648. The predicted octanol–water partition coefficient (Wildman–Crippen LogP) is 1.90. The van der Waals surface area contributed by atoms with Crippen LogP contribution < -0.4 is 10.6 Å². The van der Waals surface area contributed by atoms with Gasteiger partial charge in [-0.05, 0) is 41.3 Å². The lowest BCUT2D eigenvalue weighted by atomic mass is 9.98. The third kappa shape index (κ3) is 3.48. The van der Waals surface area contributed by atoms with Crippen molar-refractivity contribution >= 4 is 5.91 Å². The van der Waals surface area contributed by atoms with Crippen molar-refractivity contribution in [2.24, 2.45) is 0 Å². The van der Waals surface area contributed by atoms with Gasteiger partial charge in [0.1, 0.15) is 0 Å². The quantitative estimate of drug-likeness (QED) is 0.654. The largest absolute Gasteiger partial charge is 0.351 e. The van der Waals surface area contributed by atoms with E-state index in [9.17, 15) is 4.79 Å². The van der Waals surface area contributed by atoms with E-state index in [-0.39, 0.29) is 11.9 Å². The highest BCUT2D eigenvalue weighted by Crippen LogP contribution is 2.29. The molecular formula is C19H20N6O. The zero-order valence-corrected chi connectivity index (χ0v) is 14.3. The van der Waals surface area contributed by atoms with Gasteiger partial charge in [-0.1, -0.05) is 48.5 Å². The van der Waals surface area contributed by atoms with Crippen LogP contribution in [0.25, 0.3) is 22.5 Å². The molecule has 3 aromatic rings. The van der Waals surface area contributed by atoms with E-state index in [1.807, 2.05) is 48.5 Å². The zero-order valence-electron chi connectivity index (χ0n) is 14.3. The molecule has 1 unspecified atom stereocenters. The molecule has 1 aromatic heterocycles. The van der Waals surface area contributed by atoms with E-state index in [1.54, 1.807) is 0 Å². The third-order valence-corrected chi connectivity index (χ3v) is 4.62. The second-order valence-corrected chi connectivity index (χ2v) is 6.34. The summed E-state index contributed by atoms with van der Waals surface area (Å²) in [7, 11) is 0. The number of amides is 1. The molecule has 0 spiro atoms. The monoisotopic (exact) mass is 348 g/mol. The van der Waals surface area contributed by atoms with Crippen LogP contribution in [0.3, 0.4) is 0 Å². The Bertz CT molecular complexity index is 869. The first-order valence-corrected chi connectivity index (χ1v) is 8.74. The van der Waals surface area contributed by atoms with E-state index in [1.165, 1.54) is 0 Å². The second-order valence-electron chi connectivity index (χ2n) is 6.34. The van der Waals surface area contributed by atoms with Gasteiger partial charge in [0, 0.05) is 12.1 Å². The third-order valence-electron chi connectivity index (χ3n) is 4.62. The molecule has 1 aliphatic heterocycles. The van der Waals surface area contributed by atoms with Gasteiger partial charge in [0.05, 0.1) is 6.04 Å².